The molecular formula is C7H16N2O2. The summed E-state index contributed by atoms with van der Waals surface area (Å²) >= 11 is 0. The van der Waals surface area contributed by atoms with E-state index in [2.05, 4.69) is 13.8 Å². The number of fused-ring (bicyclic) bond motifs is 1. The van der Waals surface area contributed by atoms with E-state index in [0.29, 0.717) is 0 Å². The third-order valence-electron chi connectivity index (χ3n) is 2.50. The Balaban J connectivity index is 0.000000605. The predicted molar refractivity (Wildman–Crippen MR) is 41.3 cm³/mol. The maximum atomic E-state index is 9.44. The highest BCUT2D eigenvalue weighted by atomic mass is 16.6. The molecule has 2 aliphatic rings. The topological polar surface area (TPSA) is 67.5 Å². The second-order valence-electron chi connectivity index (χ2n) is 3.67. The van der Waals surface area contributed by atoms with E-state index in [0.717, 1.165) is 0 Å². The van der Waals surface area contributed by atoms with Crippen molar-refractivity contribution < 1.29 is 9.84 Å². The molecule has 0 aromatic heterocycles. The van der Waals surface area contributed by atoms with Crippen LogP contribution in [0.25, 0.3) is 0 Å². The largest absolute Gasteiger partial charge is 0.376 e. The van der Waals surface area contributed by atoms with Crippen LogP contribution in [0.2, 0.25) is 0 Å². The summed E-state index contributed by atoms with van der Waals surface area (Å²) in [5, 5.41) is 9.44. The average molecular weight is 160 g/mol. The molecule has 66 valence electrons. The van der Waals surface area contributed by atoms with Gasteiger partial charge in [0.25, 0.3) is 0 Å². The first kappa shape index (κ1) is 8.93. The summed E-state index contributed by atoms with van der Waals surface area (Å²) in [4.78, 5) is 1.98. The van der Waals surface area contributed by atoms with Crippen molar-refractivity contribution in [2.75, 3.05) is 0 Å². The van der Waals surface area contributed by atoms with Crippen molar-refractivity contribution in [3.05, 3.63) is 0 Å². The van der Waals surface area contributed by atoms with E-state index in [1.54, 1.807) is 0 Å². The summed E-state index contributed by atoms with van der Waals surface area (Å²) in [6, 6.07) is 0. The van der Waals surface area contributed by atoms with E-state index < -0.39 is 0 Å². The molecule has 2 fully saturated rings. The van der Waals surface area contributed by atoms with E-state index in [4.69, 9.17) is 4.74 Å². The molecule has 0 radical (unpaired) electrons. The van der Waals surface area contributed by atoms with Crippen LogP contribution in [0.4, 0.5) is 0 Å². The SMILES string of the molecule is CC1OC2N(C1O)C2(C)C.N. The lowest BCUT2D eigenvalue weighted by atomic mass is 10.2. The zero-order chi connectivity index (χ0) is 7.52. The first-order chi connectivity index (χ1) is 4.55. The Morgan fingerprint density at radius 1 is 1.45 bits per heavy atom. The van der Waals surface area contributed by atoms with Gasteiger partial charge in [0.05, 0.1) is 11.6 Å². The lowest BCUT2D eigenvalue weighted by Gasteiger charge is -2.17. The number of nitrogens with zero attached hydrogens (tertiary/aromatic N) is 1. The number of aliphatic hydroxyl groups excluding tert-OH is 1. The molecule has 2 saturated heterocycles. The van der Waals surface area contributed by atoms with Gasteiger partial charge in [-0.3, -0.25) is 0 Å². The van der Waals surface area contributed by atoms with Crippen molar-refractivity contribution in [1.82, 2.24) is 11.1 Å². The lowest BCUT2D eigenvalue weighted by Crippen LogP contribution is -2.32. The molecule has 0 saturated carbocycles. The highest BCUT2D eigenvalue weighted by Gasteiger charge is 2.65. The van der Waals surface area contributed by atoms with E-state index in [1.165, 1.54) is 0 Å². The van der Waals surface area contributed by atoms with Gasteiger partial charge in [0.1, 0.15) is 12.5 Å². The van der Waals surface area contributed by atoms with Gasteiger partial charge in [0, 0.05) is 0 Å². The van der Waals surface area contributed by atoms with Gasteiger partial charge in [-0.15, -0.1) is 0 Å². The number of hydrogen-bond acceptors (Lipinski definition) is 4. The monoisotopic (exact) mass is 160 g/mol. The van der Waals surface area contributed by atoms with Crippen LogP contribution in [0.5, 0.6) is 0 Å². The van der Waals surface area contributed by atoms with E-state index >= 15 is 0 Å². The van der Waals surface area contributed by atoms with Crippen molar-refractivity contribution in [3.63, 3.8) is 0 Å². The highest BCUT2D eigenvalue weighted by molar-refractivity contribution is 5.11. The van der Waals surface area contributed by atoms with Gasteiger partial charge in [0.2, 0.25) is 0 Å². The fourth-order valence-corrected chi connectivity index (χ4v) is 1.69. The molecule has 0 spiro atoms. The summed E-state index contributed by atoms with van der Waals surface area (Å²) in [6.07, 6.45) is -0.240. The Bertz CT molecular complexity index is 170. The van der Waals surface area contributed by atoms with Crippen LogP contribution < -0.4 is 6.15 Å². The zero-order valence-corrected chi connectivity index (χ0v) is 7.24. The Morgan fingerprint density at radius 2 is 2.00 bits per heavy atom. The molecule has 4 heteroatoms. The molecule has 0 aromatic rings. The highest BCUT2D eigenvalue weighted by Crippen LogP contribution is 2.48. The number of hydrogen-bond donors (Lipinski definition) is 2. The summed E-state index contributed by atoms with van der Waals surface area (Å²) in [5.41, 5.74) is 0.0753. The maximum absolute atomic E-state index is 9.44. The zero-order valence-electron chi connectivity index (χ0n) is 7.24. The van der Waals surface area contributed by atoms with Gasteiger partial charge in [-0.25, -0.2) is 4.90 Å². The summed E-state index contributed by atoms with van der Waals surface area (Å²) < 4.78 is 5.44. The number of aliphatic hydroxyl groups is 1. The van der Waals surface area contributed by atoms with Crippen molar-refractivity contribution in [1.29, 1.82) is 0 Å². The smallest absolute Gasteiger partial charge is 0.136 e. The number of rotatable bonds is 0. The molecule has 4 unspecified atom stereocenters. The van der Waals surface area contributed by atoms with Gasteiger partial charge in [-0.2, -0.15) is 0 Å². The Kier molecular flexibility index (Phi) is 1.76. The normalized spacial score (nSPS) is 51.3. The van der Waals surface area contributed by atoms with E-state index in [9.17, 15) is 5.11 Å². The number of morpholine rings is 1. The van der Waals surface area contributed by atoms with Gasteiger partial charge in [0.15, 0.2) is 0 Å². The Labute approximate surface area is 66.7 Å². The summed E-state index contributed by atoms with van der Waals surface area (Å²) in [7, 11) is 0. The minimum Gasteiger partial charge on any atom is -0.376 e. The van der Waals surface area contributed by atoms with Crippen LogP contribution in [0, 0.1) is 0 Å². The van der Waals surface area contributed by atoms with E-state index in [-0.39, 0.29) is 30.2 Å². The second kappa shape index (κ2) is 2.17. The fourth-order valence-electron chi connectivity index (χ4n) is 1.69. The standard InChI is InChI=1S/C7H13NO2.H3N/c1-4-5(9)8-6(10-4)7(8,2)3;/h4-6,9H,1-3H3;1H3. The minimum atomic E-state index is -0.389. The predicted octanol–water partition coefficient (Wildman–Crippen LogP) is 0.306. The molecule has 2 heterocycles. The molecule has 11 heavy (non-hydrogen) atoms. The lowest BCUT2D eigenvalue weighted by molar-refractivity contribution is -0.0160. The van der Waals surface area contributed by atoms with Gasteiger partial charge < -0.3 is 16.0 Å². The Hall–Kier alpha value is -0.160. The van der Waals surface area contributed by atoms with Crippen LogP contribution in [-0.2, 0) is 4.74 Å². The molecule has 2 aliphatic heterocycles. The van der Waals surface area contributed by atoms with Crippen LogP contribution in [0.1, 0.15) is 20.8 Å². The minimum absolute atomic E-state index is 0. The third-order valence-corrected chi connectivity index (χ3v) is 2.50. The molecule has 4 atom stereocenters. The molecular weight excluding hydrogens is 144 g/mol. The van der Waals surface area contributed by atoms with Crippen LogP contribution in [-0.4, -0.2) is 34.1 Å². The molecule has 0 aliphatic carbocycles. The summed E-state index contributed by atoms with van der Waals surface area (Å²) in [6.45, 7) is 6.05. The van der Waals surface area contributed by atoms with Crippen molar-refractivity contribution in [3.8, 4) is 0 Å². The maximum Gasteiger partial charge on any atom is 0.136 e. The molecule has 0 amide bonds. The molecule has 2 rings (SSSR count). The molecule has 4 nitrogen and oxygen atoms in total. The third kappa shape index (κ3) is 0.906. The van der Waals surface area contributed by atoms with Crippen molar-refractivity contribution >= 4 is 0 Å². The molecule has 0 bridgehead atoms. The van der Waals surface area contributed by atoms with Gasteiger partial charge in [-0.05, 0) is 20.8 Å². The van der Waals surface area contributed by atoms with Crippen molar-refractivity contribution in [2.24, 2.45) is 0 Å². The first-order valence-corrected chi connectivity index (χ1v) is 3.67. The molecule has 0 aromatic carbocycles. The fraction of sp³-hybridized carbons (Fsp3) is 1.00. The van der Waals surface area contributed by atoms with Crippen LogP contribution in [0.15, 0.2) is 0 Å². The second-order valence-corrected chi connectivity index (χ2v) is 3.67. The van der Waals surface area contributed by atoms with Crippen LogP contribution in [0.3, 0.4) is 0 Å². The van der Waals surface area contributed by atoms with E-state index in [1.807, 2.05) is 11.8 Å². The van der Waals surface area contributed by atoms with Gasteiger partial charge in [-0.1, -0.05) is 0 Å². The Morgan fingerprint density at radius 3 is 2.27 bits per heavy atom. The van der Waals surface area contributed by atoms with Crippen molar-refractivity contribution in [2.45, 2.75) is 44.9 Å². The average Bonchev–Trinajstić information content (AvgIpc) is 2.12. The van der Waals surface area contributed by atoms with Gasteiger partial charge >= 0.3 is 0 Å². The quantitative estimate of drug-likeness (QED) is 0.500. The summed E-state index contributed by atoms with van der Waals surface area (Å²) in [5.74, 6) is 0. The first-order valence-electron chi connectivity index (χ1n) is 3.67. The molecule has 4 N–H and O–H groups in total. The van der Waals surface area contributed by atoms with Crippen LogP contribution >= 0.6 is 0 Å². The number of ether oxygens (including phenoxy) is 1.